The minimum atomic E-state index is -0.467. The highest BCUT2D eigenvalue weighted by Crippen LogP contribution is 2.29. The summed E-state index contributed by atoms with van der Waals surface area (Å²) in [6.45, 7) is 4.59. The number of hydrogen-bond acceptors (Lipinski definition) is 16. The average Bonchev–Trinajstić information content (AvgIpc) is 4.10. The van der Waals surface area contributed by atoms with Crippen molar-refractivity contribution in [3.63, 3.8) is 0 Å². The molecule has 364 valence electrons. The van der Waals surface area contributed by atoms with Gasteiger partial charge in [-0.15, -0.1) is 0 Å². The van der Waals surface area contributed by atoms with Gasteiger partial charge in [-0.25, -0.2) is 38.1 Å². The fourth-order valence-electron chi connectivity index (χ4n) is 8.92. The molecule has 0 saturated carbocycles. The van der Waals surface area contributed by atoms with E-state index < -0.39 is 11.6 Å². The number of rotatable bonds is 16. The van der Waals surface area contributed by atoms with E-state index in [-0.39, 0.29) is 37.8 Å². The van der Waals surface area contributed by atoms with E-state index in [4.69, 9.17) is 9.97 Å². The molecule has 2 aliphatic heterocycles. The second kappa shape index (κ2) is 22.5. The van der Waals surface area contributed by atoms with Gasteiger partial charge in [0.15, 0.2) is 0 Å². The molecule has 0 aliphatic carbocycles. The van der Waals surface area contributed by atoms with Crippen molar-refractivity contribution in [2.24, 2.45) is 0 Å². The van der Waals surface area contributed by atoms with Crippen molar-refractivity contribution >= 4 is 56.5 Å². The molecule has 2 aliphatic rings. The van der Waals surface area contributed by atoms with E-state index in [0.29, 0.717) is 59.6 Å². The van der Waals surface area contributed by atoms with Gasteiger partial charge in [0.1, 0.15) is 34.9 Å². The summed E-state index contributed by atoms with van der Waals surface area (Å²) in [5.74, 6) is 1.65. The maximum Gasteiger partial charge on any atom is 0.148 e. The first-order chi connectivity index (χ1) is 34.3. The van der Waals surface area contributed by atoms with Crippen LogP contribution in [0.15, 0.2) is 110 Å². The molecule has 2 saturated heterocycles. The van der Waals surface area contributed by atoms with Gasteiger partial charge in [0, 0.05) is 85.0 Å². The lowest BCUT2D eigenvalue weighted by Gasteiger charge is -2.35. The summed E-state index contributed by atoms with van der Waals surface area (Å²) in [6.07, 6.45) is 10.6. The normalized spacial score (nSPS) is 14.4. The molecule has 70 heavy (non-hydrogen) atoms. The summed E-state index contributed by atoms with van der Waals surface area (Å²) in [4.78, 5) is 22.9. The zero-order chi connectivity index (χ0) is 48.4. The SMILES string of the molecule is OCCN(c1ccc2cnc(Nc3ccc(-n4ccc(CO)n4)cc3F)cc2n1)C1CCNCC1.OCCN(c1ccc2cnc(Nc3ccc(-n4nccc4CO)cc3F)cc2n1)C1CCNCC1. The quantitative estimate of drug-likeness (QED) is 0.0601. The molecular formula is C50H56F2N14O4. The van der Waals surface area contributed by atoms with Crippen LogP contribution in [0.5, 0.6) is 0 Å². The molecule has 6 aromatic heterocycles. The van der Waals surface area contributed by atoms with Gasteiger partial charge in [-0.05, 0) is 113 Å². The number of aliphatic hydroxyl groups is 4. The van der Waals surface area contributed by atoms with E-state index in [1.807, 2.05) is 24.3 Å². The zero-order valence-corrected chi connectivity index (χ0v) is 38.5. The lowest BCUT2D eigenvalue weighted by atomic mass is 10.0. The summed E-state index contributed by atoms with van der Waals surface area (Å²) in [5, 5.41) is 60.8. The van der Waals surface area contributed by atoms with Gasteiger partial charge < -0.3 is 51.5 Å². The largest absolute Gasteiger partial charge is 0.395 e. The Morgan fingerprint density at radius 3 is 1.63 bits per heavy atom. The monoisotopic (exact) mass is 954 g/mol. The number of halogens is 2. The molecule has 0 spiro atoms. The average molecular weight is 955 g/mol. The molecule has 0 radical (unpaired) electrons. The maximum atomic E-state index is 14.9. The van der Waals surface area contributed by atoms with Crippen LogP contribution >= 0.6 is 0 Å². The van der Waals surface area contributed by atoms with Crippen molar-refractivity contribution in [1.82, 2.24) is 50.1 Å². The highest BCUT2D eigenvalue weighted by molar-refractivity contribution is 5.84. The number of nitrogens with one attached hydrogen (secondary N) is 4. The van der Waals surface area contributed by atoms with Crippen molar-refractivity contribution in [2.45, 2.75) is 51.0 Å². The van der Waals surface area contributed by atoms with Gasteiger partial charge in [-0.1, -0.05) is 0 Å². The fourth-order valence-corrected chi connectivity index (χ4v) is 8.92. The second-order valence-corrected chi connectivity index (χ2v) is 17.0. The second-order valence-electron chi connectivity index (χ2n) is 17.0. The third-order valence-electron chi connectivity index (χ3n) is 12.5. The first-order valence-corrected chi connectivity index (χ1v) is 23.4. The summed E-state index contributed by atoms with van der Waals surface area (Å²) in [5.41, 5.74) is 4.17. The van der Waals surface area contributed by atoms with Crippen LogP contribution in [0.25, 0.3) is 33.2 Å². The predicted molar refractivity (Wildman–Crippen MR) is 265 cm³/mol. The number of nitrogens with zero attached hydrogens (tertiary/aromatic N) is 10. The lowest BCUT2D eigenvalue weighted by molar-refractivity contribution is 0.273. The molecule has 8 heterocycles. The van der Waals surface area contributed by atoms with Gasteiger partial charge in [0.25, 0.3) is 0 Å². The summed E-state index contributed by atoms with van der Waals surface area (Å²) < 4.78 is 32.8. The number of piperidine rings is 2. The minimum absolute atomic E-state index is 0.0560. The van der Waals surface area contributed by atoms with Crippen LogP contribution in [-0.4, -0.2) is 124 Å². The van der Waals surface area contributed by atoms with E-state index in [9.17, 15) is 29.2 Å². The topological polar surface area (TPSA) is 223 Å². The molecule has 0 unspecified atom stereocenters. The van der Waals surface area contributed by atoms with Crippen LogP contribution in [-0.2, 0) is 13.2 Å². The Labute approximate surface area is 402 Å². The molecule has 0 bridgehead atoms. The highest BCUT2D eigenvalue weighted by atomic mass is 19.1. The van der Waals surface area contributed by atoms with Crippen LogP contribution in [0, 0.1) is 11.6 Å². The molecule has 2 aromatic carbocycles. The van der Waals surface area contributed by atoms with E-state index >= 15 is 0 Å². The van der Waals surface area contributed by atoms with E-state index in [2.05, 4.69) is 51.2 Å². The van der Waals surface area contributed by atoms with Crippen molar-refractivity contribution in [2.75, 3.05) is 72.9 Å². The van der Waals surface area contributed by atoms with Crippen molar-refractivity contribution in [3.05, 3.63) is 133 Å². The Morgan fingerprint density at radius 1 is 0.614 bits per heavy atom. The Kier molecular flexibility index (Phi) is 15.4. The lowest BCUT2D eigenvalue weighted by Crippen LogP contribution is -2.44. The number of fused-ring (bicyclic) bond motifs is 2. The summed E-state index contributed by atoms with van der Waals surface area (Å²) in [7, 11) is 0. The molecule has 0 atom stereocenters. The van der Waals surface area contributed by atoms with Crippen LogP contribution in [0.1, 0.15) is 37.1 Å². The van der Waals surface area contributed by atoms with E-state index in [1.54, 1.807) is 73.3 Å². The van der Waals surface area contributed by atoms with E-state index in [0.717, 1.165) is 85.3 Å². The molecule has 8 aromatic rings. The predicted octanol–water partition coefficient (Wildman–Crippen LogP) is 5.48. The molecule has 18 nitrogen and oxygen atoms in total. The summed E-state index contributed by atoms with van der Waals surface area (Å²) >= 11 is 0. The maximum absolute atomic E-state index is 14.9. The third kappa shape index (κ3) is 11.1. The van der Waals surface area contributed by atoms with Gasteiger partial charge in [0.2, 0.25) is 0 Å². The standard InChI is InChI=1S/2C25H28FN7O2/c26-21-13-20(33-10-7-18(16-35)31-33)2-3-22(21)29-24-14-23-17(15-28-24)1-4-25(30-23)32(11-12-34)19-5-8-27-9-6-19;26-21-13-19(33-20(16-35)7-10-29-33)2-3-22(21)30-24-14-23-17(15-28-24)1-4-25(31-23)32(11-12-34)18-5-8-27-9-6-18/h1-4,7,10,13-15,19,27,34-35H,5-6,8-9,11-12,16H2,(H,28,29);1-4,7,10,13-15,18,27,34-35H,5-6,8-9,11-12,16H2,(H,28,30). The minimum Gasteiger partial charge on any atom is -0.395 e. The zero-order valence-electron chi connectivity index (χ0n) is 38.5. The Balaban J connectivity index is 0.000000174. The Morgan fingerprint density at radius 2 is 1.14 bits per heavy atom. The van der Waals surface area contributed by atoms with Crippen LogP contribution in [0.3, 0.4) is 0 Å². The molecular weight excluding hydrogens is 899 g/mol. The van der Waals surface area contributed by atoms with E-state index in [1.165, 1.54) is 21.5 Å². The molecule has 0 amide bonds. The van der Waals surface area contributed by atoms with Crippen LogP contribution < -0.4 is 31.1 Å². The highest BCUT2D eigenvalue weighted by Gasteiger charge is 2.24. The Bertz CT molecular complexity index is 3010. The molecule has 8 N–H and O–H groups in total. The number of anilines is 6. The first kappa shape index (κ1) is 47.8. The van der Waals surface area contributed by atoms with Crippen molar-refractivity contribution in [3.8, 4) is 11.4 Å². The van der Waals surface area contributed by atoms with Gasteiger partial charge in [-0.2, -0.15) is 10.2 Å². The fraction of sp³-hybridized carbons (Fsp3) is 0.320. The summed E-state index contributed by atoms with van der Waals surface area (Å²) in [6, 6.07) is 24.9. The molecule has 10 rings (SSSR count). The number of aromatic nitrogens is 8. The molecule has 2 fully saturated rings. The van der Waals surface area contributed by atoms with Crippen molar-refractivity contribution < 1.29 is 29.2 Å². The van der Waals surface area contributed by atoms with Crippen molar-refractivity contribution in [1.29, 1.82) is 0 Å². The van der Waals surface area contributed by atoms with Gasteiger partial charge in [0.05, 0.1) is 71.6 Å². The third-order valence-corrected chi connectivity index (χ3v) is 12.5. The number of benzene rings is 2. The number of pyridine rings is 4. The smallest absolute Gasteiger partial charge is 0.148 e. The Hall–Kier alpha value is -7.20. The van der Waals surface area contributed by atoms with Gasteiger partial charge in [-0.3, -0.25) is 0 Å². The van der Waals surface area contributed by atoms with Crippen LogP contribution in [0.2, 0.25) is 0 Å². The first-order valence-electron chi connectivity index (χ1n) is 23.4. The number of hydrogen-bond donors (Lipinski definition) is 8. The number of aliphatic hydroxyl groups excluding tert-OH is 4. The van der Waals surface area contributed by atoms with Gasteiger partial charge >= 0.3 is 0 Å². The molecule has 20 heteroatoms. The van der Waals surface area contributed by atoms with Crippen LogP contribution in [0.4, 0.5) is 43.4 Å².